The lowest BCUT2D eigenvalue weighted by atomic mass is 10.3. The summed E-state index contributed by atoms with van der Waals surface area (Å²) in [7, 11) is 1.65. The van der Waals surface area contributed by atoms with Gasteiger partial charge in [-0.2, -0.15) is 0 Å². The van der Waals surface area contributed by atoms with E-state index < -0.39 is 0 Å². The Morgan fingerprint density at radius 2 is 1.95 bits per heavy atom. The van der Waals surface area contributed by atoms with Gasteiger partial charge in [0.1, 0.15) is 18.1 Å². The first-order chi connectivity index (χ1) is 9.28. The zero-order chi connectivity index (χ0) is 13.5. The Morgan fingerprint density at radius 1 is 1.21 bits per heavy atom. The fourth-order valence-electron chi connectivity index (χ4n) is 1.61. The Morgan fingerprint density at radius 3 is 2.58 bits per heavy atom. The van der Waals surface area contributed by atoms with Gasteiger partial charge in [-0.3, -0.25) is 0 Å². The maximum absolute atomic E-state index is 5.62. The predicted molar refractivity (Wildman–Crippen MR) is 77.0 cm³/mol. The van der Waals surface area contributed by atoms with Crippen LogP contribution in [-0.4, -0.2) is 25.2 Å². The molecular weight excluding hydrogens is 260 g/mol. The van der Waals surface area contributed by atoms with Crippen LogP contribution in [0, 0.1) is 6.92 Å². The molecule has 0 amide bonds. The van der Waals surface area contributed by atoms with E-state index in [4.69, 9.17) is 9.47 Å². The van der Waals surface area contributed by atoms with Gasteiger partial charge in [-0.15, -0.1) is 11.3 Å². The highest BCUT2D eigenvalue weighted by atomic mass is 32.1. The Kier molecular flexibility index (Phi) is 5.18. The van der Waals surface area contributed by atoms with Crippen LogP contribution in [0.4, 0.5) is 0 Å². The van der Waals surface area contributed by atoms with Gasteiger partial charge >= 0.3 is 0 Å². The van der Waals surface area contributed by atoms with Gasteiger partial charge in [0.25, 0.3) is 0 Å². The average Bonchev–Trinajstić information content (AvgIpc) is 2.85. The Hall–Kier alpha value is -1.59. The molecule has 102 valence electrons. The molecule has 0 saturated carbocycles. The normalized spacial score (nSPS) is 10.4. The molecule has 0 aliphatic carbocycles. The Labute approximate surface area is 117 Å². The third-order valence-corrected chi connectivity index (χ3v) is 3.49. The number of thiazole rings is 1. The van der Waals surface area contributed by atoms with Gasteiger partial charge in [0.15, 0.2) is 0 Å². The fourth-order valence-corrected chi connectivity index (χ4v) is 2.38. The van der Waals surface area contributed by atoms with Crippen molar-refractivity contribution in [3.8, 4) is 11.5 Å². The number of methoxy groups -OCH3 is 1. The zero-order valence-electron chi connectivity index (χ0n) is 11.2. The molecule has 1 N–H and O–H groups in total. The van der Waals surface area contributed by atoms with E-state index in [0.29, 0.717) is 6.61 Å². The highest BCUT2D eigenvalue weighted by Crippen LogP contribution is 2.16. The van der Waals surface area contributed by atoms with Crippen molar-refractivity contribution in [3.63, 3.8) is 0 Å². The summed E-state index contributed by atoms with van der Waals surface area (Å²) in [5.41, 5.74) is 0. The van der Waals surface area contributed by atoms with Crippen molar-refractivity contribution in [2.45, 2.75) is 13.5 Å². The van der Waals surface area contributed by atoms with Crippen LogP contribution in [0.15, 0.2) is 30.5 Å². The van der Waals surface area contributed by atoms with Crippen molar-refractivity contribution in [1.29, 1.82) is 0 Å². The van der Waals surface area contributed by atoms with Crippen LogP contribution in [0.2, 0.25) is 0 Å². The number of nitrogens with zero attached hydrogens (tertiary/aromatic N) is 1. The van der Waals surface area contributed by atoms with E-state index in [2.05, 4.69) is 10.3 Å². The number of nitrogens with one attached hydrogen (secondary N) is 1. The molecule has 1 heterocycles. The lowest BCUT2D eigenvalue weighted by molar-refractivity contribution is 0.313. The molecule has 2 rings (SSSR count). The first-order valence-corrected chi connectivity index (χ1v) is 6.98. The number of hydrogen-bond acceptors (Lipinski definition) is 5. The molecule has 1 aromatic heterocycles. The third kappa shape index (κ3) is 4.54. The second-order valence-corrected chi connectivity index (χ2v) is 5.37. The smallest absolute Gasteiger partial charge is 0.119 e. The largest absolute Gasteiger partial charge is 0.497 e. The van der Waals surface area contributed by atoms with E-state index in [1.807, 2.05) is 37.4 Å². The van der Waals surface area contributed by atoms with Crippen molar-refractivity contribution in [2.24, 2.45) is 0 Å². The van der Waals surface area contributed by atoms with Crippen molar-refractivity contribution >= 4 is 11.3 Å². The molecule has 4 nitrogen and oxygen atoms in total. The minimum Gasteiger partial charge on any atom is -0.497 e. The molecule has 0 fully saturated rings. The highest BCUT2D eigenvalue weighted by molar-refractivity contribution is 7.11. The molecule has 0 saturated heterocycles. The molecular formula is C14H18N2O2S. The maximum Gasteiger partial charge on any atom is 0.119 e. The van der Waals surface area contributed by atoms with Crippen molar-refractivity contribution in [3.05, 3.63) is 40.3 Å². The monoisotopic (exact) mass is 278 g/mol. The van der Waals surface area contributed by atoms with E-state index in [1.54, 1.807) is 18.4 Å². The first kappa shape index (κ1) is 13.8. The van der Waals surface area contributed by atoms with Gasteiger partial charge in [0, 0.05) is 24.2 Å². The minimum absolute atomic E-state index is 0.643. The van der Waals surface area contributed by atoms with Crippen LogP contribution in [0.1, 0.15) is 9.88 Å². The Balaban J connectivity index is 1.63. The Bertz CT molecular complexity index is 496. The van der Waals surface area contributed by atoms with E-state index >= 15 is 0 Å². The van der Waals surface area contributed by atoms with E-state index in [1.165, 1.54) is 4.88 Å². The summed E-state index contributed by atoms with van der Waals surface area (Å²) in [6, 6.07) is 7.60. The molecule has 0 aliphatic heterocycles. The van der Waals surface area contributed by atoms with Crippen LogP contribution >= 0.6 is 11.3 Å². The van der Waals surface area contributed by atoms with Crippen LogP contribution in [-0.2, 0) is 6.54 Å². The van der Waals surface area contributed by atoms with Gasteiger partial charge in [-0.25, -0.2) is 4.98 Å². The standard InChI is InChI=1S/C14H18N2O2S/c1-11-16-10-14(19-11)9-15-7-8-18-13-5-3-12(17-2)4-6-13/h3-6,10,15H,7-9H2,1-2H3. The lowest BCUT2D eigenvalue weighted by Crippen LogP contribution is -2.20. The number of aryl methyl sites for hydroxylation is 1. The van der Waals surface area contributed by atoms with E-state index in [0.717, 1.165) is 29.6 Å². The van der Waals surface area contributed by atoms with Gasteiger partial charge in [0.2, 0.25) is 0 Å². The van der Waals surface area contributed by atoms with E-state index in [-0.39, 0.29) is 0 Å². The third-order valence-electron chi connectivity index (χ3n) is 2.58. The van der Waals surface area contributed by atoms with Gasteiger partial charge in [0.05, 0.1) is 12.1 Å². The molecule has 0 unspecified atom stereocenters. The van der Waals surface area contributed by atoms with Crippen molar-refractivity contribution < 1.29 is 9.47 Å². The van der Waals surface area contributed by atoms with Gasteiger partial charge in [-0.05, 0) is 31.2 Å². The van der Waals surface area contributed by atoms with Crippen LogP contribution < -0.4 is 14.8 Å². The average molecular weight is 278 g/mol. The minimum atomic E-state index is 0.643. The molecule has 1 aromatic carbocycles. The summed E-state index contributed by atoms with van der Waals surface area (Å²) >= 11 is 1.72. The second-order valence-electron chi connectivity index (χ2n) is 4.05. The summed E-state index contributed by atoms with van der Waals surface area (Å²) in [6.45, 7) is 4.31. The fraction of sp³-hybridized carbons (Fsp3) is 0.357. The molecule has 0 spiro atoms. The summed E-state index contributed by atoms with van der Waals surface area (Å²) in [6.07, 6.45) is 1.91. The number of rotatable bonds is 7. The lowest BCUT2D eigenvalue weighted by Gasteiger charge is -2.07. The topological polar surface area (TPSA) is 43.4 Å². The predicted octanol–water partition coefficient (Wildman–Crippen LogP) is 2.63. The van der Waals surface area contributed by atoms with Crippen molar-refractivity contribution in [1.82, 2.24) is 10.3 Å². The summed E-state index contributed by atoms with van der Waals surface area (Å²) in [5.74, 6) is 1.70. The molecule has 2 aromatic rings. The summed E-state index contributed by atoms with van der Waals surface area (Å²) < 4.78 is 10.7. The summed E-state index contributed by atoms with van der Waals surface area (Å²) in [4.78, 5) is 5.47. The van der Waals surface area contributed by atoms with Crippen LogP contribution in [0.5, 0.6) is 11.5 Å². The molecule has 5 heteroatoms. The summed E-state index contributed by atoms with van der Waals surface area (Å²) in [5, 5.41) is 4.43. The van der Waals surface area contributed by atoms with Gasteiger partial charge in [-0.1, -0.05) is 0 Å². The quantitative estimate of drug-likeness (QED) is 0.791. The first-order valence-electron chi connectivity index (χ1n) is 6.17. The molecule has 0 bridgehead atoms. The molecule has 0 aliphatic rings. The number of ether oxygens (including phenoxy) is 2. The number of hydrogen-bond donors (Lipinski definition) is 1. The highest BCUT2D eigenvalue weighted by Gasteiger charge is 1.98. The zero-order valence-corrected chi connectivity index (χ0v) is 12.0. The maximum atomic E-state index is 5.62. The van der Waals surface area contributed by atoms with E-state index in [9.17, 15) is 0 Å². The van der Waals surface area contributed by atoms with Crippen LogP contribution in [0.25, 0.3) is 0 Å². The number of aromatic nitrogens is 1. The van der Waals surface area contributed by atoms with Crippen molar-refractivity contribution in [2.75, 3.05) is 20.3 Å². The molecule has 19 heavy (non-hydrogen) atoms. The van der Waals surface area contributed by atoms with Crippen LogP contribution in [0.3, 0.4) is 0 Å². The van der Waals surface area contributed by atoms with Gasteiger partial charge < -0.3 is 14.8 Å². The molecule has 0 atom stereocenters. The SMILES string of the molecule is COc1ccc(OCCNCc2cnc(C)s2)cc1. The number of benzene rings is 1. The second kappa shape index (κ2) is 7.11. The molecule has 0 radical (unpaired) electrons.